The lowest BCUT2D eigenvalue weighted by Crippen LogP contribution is -2.49. The van der Waals surface area contributed by atoms with Crippen molar-refractivity contribution in [2.24, 2.45) is 5.73 Å². The predicted molar refractivity (Wildman–Crippen MR) is 65.8 cm³/mol. The van der Waals surface area contributed by atoms with E-state index < -0.39 is 0 Å². The fourth-order valence-corrected chi connectivity index (χ4v) is 2.34. The van der Waals surface area contributed by atoms with E-state index in [-0.39, 0.29) is 0 Å². The van der Waals surface area contributed by atoms with Gasteiger partial charge in [0.15, 0.2) is 0 Å². The lowest BCUT2D eigenvalue weighted by molar-refractivity contribution is 0.138. The highest BCUT2D eigenvalue weighted by molar-refractivity contribution is 7.99. The van der Waals surface area contributed by atoms with E-state index in [0.717, 1.165) is 12.8 Å². The first-order valence-corrected chi connectivity index (χ1v) is 6.72. The molecule has 1 fully saturated rings. The van der Waals surface area contributed by atoms with Crippen molar-refractivity contribution in [1.82, 2.24) is 4.90 Å². The minimum atomic E-state index is 0.371. The molecule has 0 aliphatic carbocycles. The van der Waals surface area contributed by atoms with Gasteiger partial charge in [0.1, 0.15) is 0 Å². The predicted octanol–water partition coefficient (Wildman–Crippen LogP) is 1.94. The van der Waals surface area contributed by atoms with Gasteiger partial charge < -0.3 is 5.73 Å². The van der Waals surface area contributed by atoms with Crippen molar-refractivity contribution in [3.8, 4) is 0 Å². The molecule has 1 aliphatic heterocycles. The van der Waals surface area contributed by atoms with Crippen molar-refractivity contribution in [1.29, 1.82) is 0 Å². The average molecular weight is 216 g/mol. The summed E-state index contributed by atoms with van der Waals surface area (Å²) < 4.78 is 0.371. The molecule has 2 atom stereocenters. The normalized spacial score (nSPS) is 30.6. The van der Waals surface area contributed by atoms with Crippen LogP contribution in [0.15, 0.2) is 0 Å². The highest BCUT2D eigenvalue weighted by atomic mass is 32.2. The molecular weight excluding hydrogens is 192 g/mol. The summed E-state index contributed by atoms with van der Waals surface area (Å²) in [6.07, 6.45) is 4.51. The molecule has 0 spiro atoms. The van der Waals surface area contributed by atoms with Crippen LogP contribution in [0.4, 0.5) is 0 Å². The zero-order valence-corrected chi connectivity index (χ0v) is 10.7. The molecule has 0 aromatic rings. The molecule has 1 aliphatic rings. The standard InChI is InChI=1S/C11H24N2S/c1-9-7-10(12)5-6-13(9)8-11(2,3)14-4/h9-10H,5-8,12H2,1-4H3. The molecule has 0 amide bonds. The summed E-state index contributed by atoms with van der Waals surface area (Å²) in [5.41, 5.74) is 5.95. The quantitative estimate of drug-likeness (QED) is 0.782. The average Bonchev–Trinajstić information content (AvgIpc) is 2.10. The van der Waals surface area contributed by atoms with Crippen LogP contribution in [-0.4, -0.2) is 41.1 Å². The van der Waals surface area contributed by atoms with Gasteiger partial charge in [0.2, 0.25) is 0 Å². The van der Waals surface area contributed by atoms with Gasteiger partial charge in [-0.2, -0.15) is 11.8 Å². The third-order valence-corrected chi connectivity index (χ3v) is 4.43. The van der Waals surface area contributed by atoms with Crippen LogP contribution < -0.4 is 5.73 Å². The van der Waals surface area contributed by atoms with Gasteiger partial charge in [-0.3, -0.25) is 4.90 Å². The summed E-state index contributed by atoms with van der Waals surface area (Å²) in [5.74, 6) is 0. The summed E-state index contributed by atoms with van der Waals surface area (Å²) in [4.78, 5) is 2.58. The molecule has 2 unspecified atom stereocenters. The lowest BCUT2D eigenvalue weighted by Gasteiger charge is -2.40. The molecule has 14 heavy (non-hydrogen) atoms. The number of hydrogen-bond acceptors (Lipinski definition) is 3. The van der Waals surface area contributed by atoms with E-state index in [4.69, 9.17) is 5.73 Å². The van der Waals surface area contributed by atoms with Crippen molar-refractivity contribution in [2.75, 3.05) is 19.3 Å². The first kappa shape index (κ1) is 12.3. The minimum Gasteiger partial charge on any atom is -0.328 e. The Morgan fingerprint density at radius 3 is 2.64 bits per heavy atom. The third-order valence-electron chi connectivity index (χ3n) is 3.19. The highest BCUT2D eigenvalue weighted by Gasteiger charge is 2.28. The SMILES string of the molecule is CSC(C)(C)CN1CCC(N)CC1C. The van der Waals surface area contributed by atoms with Crippen molar-refractivity contribution in [3.05, 3.63) is 0 Å². The van der Waals surface area contributed by atoms with Gasteiger partial charge in [-0.15, -0.1) is 0 Å². The van der Waals surface area contributed by atoms with Crippen LogP contribution in [0.3, 0.4) is 0 Å². The van der Waals surface area contributed by atoms with E-state index in [0.29, 0.717) is 16.8 Å². The van der Waals surface area contributed by atoms with E-state index in [9.17, 15) is 0 Å². The van der Waals surface area contributed by atoms with Gasteiger partial charge in [0, 0.05) is 23.4 Å². The largest absolute Gasteiger partial charge is 0.328 e. The summed E-state index contributed by atoms with van der Waals surface area (Å²) in [5, 5.41) is 0. The molecule has 0 aromatic heterocycles. The molecule has 0 bridgehead atoms. The highest BCUT2D eigenvalue weighted by Crippen LogP contribution is 2.26. The van der Waals surface area contributed by atoms with Crippen LogP contribution in [0.25, 0.3) is 0 Å². The minimum absolute atomic E-state index is 0.371. The maximum Gasteiger partial charge on any atom is 0.0228 e. The Labute approximate surface area is 92.6 Å². The smallest absolute Gasteiger partial charge is 0.0228 e. The Hall–Kier alpha value is 0.270. The van der Waals surface area contributed by atoms with Crippen LogP contribution in [0.5, 0.6) is 0 Å². The Kier molecular flexibility index (Phi) is 4.29. The summed E-state index contributed by atoms with van der Waals surface area (Å²) in [6.45, 7) is 9.29. The Morgan fingerprint density at radius 1 is 1.50 bits per heavy atom. The van der Waals surface area contributed by atoms with Crippen LogP contribution in [-0.2, 0) is 0 Å². The Morgan fingerprint density at radius 2 is 2.14 bits per heavy atom. The van der Waals surface area contributed by atoms with Crippen LogP contribution >= 0.6 is 11.8 Å². The number of nitrogens with two attached hydrogens (primary N) is 1. The number of thioether (sulfide) groups is 1. The summed E-state index contributed by atoms with van der Waals surface area (Å²) in [7, 11) is 0. The van der Waals surface area contributed by atoms with Gasteiger partial charge in [-0.1, -0.05) is 0 Å². The van der Waals surface area contributed by atoms with Crippen molar-refractivity contribution in [2.45, 2.75) is 50.4 Å². The second-order valence-electron chi connectivity index (χ2n) is 5.07. The molecule has 3 heteroatoms. The topological polar surface area (TPSA) is 29.3 Å². The molecule has 2 nitrogen and oxygen atoms in total. The lowest BCUT2D eigenvalue weighted by atomic mass is 9.98. The summed E-state index contributed by atoms with van der Waals surface area (Å²) >= 11 is 1.95. The maximum absolute atomic E-state index is 5.95. The van der Waals surface area contributed by atoms with Crippen molar-refractivity contribution >= 4 is 11.8 Å². The van der Waals surface area contributed by atoms with Crippen LogP contribution in [0.2, 0.25) is 0 Å². The van der Waals surface area contributed by atoms with Gasteiger partial charge in [0.25, 0.3) is 0 Å². The molecule has 1 saturated heterocycles. The maximum atomic E-state index is 5.95. The molecule has 1 rings (SSSR count). The second-order valence-corrected chi connectivity index (χ2v) is 6.58. The first-order valence-electron chi connectivity index (χ1n) is 5.49. The van der Waals surface area contributed by atoms with Crippen LogP contribution in [0.1, 0.15) is 33.6 Å². The summed E-state index contributed by atoms with van der Waals surface area (Å²) in [6, 6.07) is 1.09. The van der Waals surface area contributed by atoms with E-state index in [1.54, 1.807) is 0 Å². The van der Waals surface area contributed by atoms with E-state index in [1.165, 1.54) is 13.1 Å². The van der Waals surface area contributed by atoms with Crippen molar-refractivity contribution in [3.63, 3.8) is 0 Å². The number of piperidine rings is 1. The van der Waals surface area contributed by atoms with E-state index in [1.807, 2.05) is 11.8 Å². The molecule has 0 radical (unpaired) electrons. The number of nitrogens with zero attached hydrogens (tertiary/aromatic N) is 1. The molecule has 2 N–H and O–H groups in total. The van der Waals surface area contributed by atoms with Gasteiger partial charge in [-0.05, 0) is 46.4 Å². The third kappa shape index (κ3) is 3.44. The molecule has 84 valence electrons. The second kappa shape index (κ2) is 4.86. The van der Waals surface area contributed by atoms with E-state index in [2.05, 4.69) is 31.9 Å². The monoisotopic (exact) mass is 216 g/mol. The number of hydrogen-bond donors (Lipinski definition) is 1. The fourth-order valence-electron chi connectivity index (χ4n) is 2.05. The Bertz CT molecular complexity index is 182. The van der Waals surface area contributed by atoms with Gasteiger partial charge >= 0.3 is 0 Å². The molecule has 1 heterocycles. The Balaban J connectivity index is 2.45. The molecule has 0 saturated carbocycles. The van der Waals surface area contributed by atoms with E-state index >= 15 is 0 Å². The molecule has 0 aromatic carbocycles. The number of rotatable bonds is 3. The van der Waals surface area contributed by atoms with Crippen LogP contribution in [0, 0.1) is 0 Å². The molecular formula is C11H24N2S. The fraction of sp³-hybridized carbons (Fsp3) is 1.00. The zero-order valence-electron chi connectivity index (χ0n) is 9.92. The van der Waals surface area contributed by atoms with Crippen molar-refractivity contribution < 1.29 is 0 Å². The number of likely N-dealkylation sites (tertiary alicyclic amines) is 1. The zero-order chi connectivity index (χ0) is 10.8. The first-order chi connectivity index (χ1) is 6.44. The van der Waals surface area contributed by atoms with Gasteiger partial charge in [0.05, 0.1) is 0 Å². The van der Waals surface area contributed by atoms with Gasteiger partial charge in [-0.25, -0.2) is 0 Å².